The molecule has 4 heteroatoms. The number of benzene rings is 1. The van der Waals surface area contributed by atoms with E-state index < -0.39 is 0 Å². The van der Waals surface area contributed by atoms with Gasteiger partial charge in [-0.1, -0.05) is 30.2 Å². The Bertz CT molecular complexity index is 559. The molecule has 2 heterocycles. The summed E-state index contributed by atoms with van der Waals surface area (Å²) in [7, 11) is 0. The van der Waals surface area contributed by atoms with Crippen LogP contribution < -0.4 is 0 Å². The van der Waals surface area contributed by atoms with Crippen molar-refractivity contribution >= 4 is 11.6 Å². The Morgan fingerprint density at radius 1 is 1.25 bits per heavy atom. The van der Waals surface area contributed by atoms with E-state index in [4.69, 9.17) is 11.6 Å². The number of nitrogens with zero attached hydrogens (tertiary/aromatic N) is 3. The van der Waals surface area contributed by atoms with Crippen molar-refractivity contribution in [1.82, 2.24) is 14.9 Å². The van der Waals surface area contributed by atoms with Gasteiger partial charge in [-0.05, 0) is 43.1 Å². The Labute approximate surface area is 124 Å². The summed E-state index contributed by atoms with van der Waals surface area (Å²) in [6.45, 7) is 2.04. The van der Waals surface area contributed by atoms with Gasteiger partial charge in [0.25, 0.3) is 0 Å². The number of rotatable bonds is 3. The van der Waals surface area contributed by atoms with E-state index in [2.05, 4.69) is 20.9 Å². The first-order chi connectivity index (χ1) is 9.83. The molecule has 0 N–H and O–H groups in total. The van der Waals surface area contributed by atoms with Gasteiger partial charge in [0.05, 0.1) is 11.7 Å². The van der Waals surface area contributed by atoms with Crippen LogP contribution in [-0.2, 0) is 6.54 Å². The van der Waals surface area contributed by atoms with Crippen molar-refractivity contribution in [2.24, 2.45) is 0 Å². The third kappa shape index (κ3) is 3.17. The Morgan fingerprint density at radius 2 is 2.20 bits per heavy atom. The first kappa shape index (κ1) is 13.5. The molecule has 1 aromatic heterocycles. The molecule has 1 saturated heterocycles. The molecule has 0 saturated carbocycles. The summed E-state index contributed by atoms with van der Waals surface area (Å²) in [5.41, 5.74) is 2.39. The summed E-state index contributed by atoms with van der Waals surface area (Å²) < 4.78 is 0. The van der Waals surface area contributed by atoms with Gasteiger partial charge in [-0.15, -0.1) is 0 Å². The molecule has 1 aliphatic rings. The first-order valence-corrected chi connectivity index (χ1v) is 7.45. The second kappa shape index (κ2) is 6.33. The lowest BCUT2D eigenvalue weighted by Gasteiger charge is -2.35. The number of halogens is 1. The first-order valence-electron chi connectivity index (χ1n) is 7.07. The van der Waals surface area contributed by atoms with Gasteiger partial charge in [-0.2, -0.15) is 0 Å². The Balaban J connectivity index is 1.79. The SMILES string of the molecule is Clc1cccc(CN2CCCCC2c2ccncn2)c1. The van der Waals surface area contributed by atoms with Crippen LogP contribution in [0.25, 0.3) is 0 Å². The van der Waals surface area contributed by atoms with Gasteiger partial charge in [0.2, 0.25) is 0 Å². The minimum Gasteiger partial charge on any atom is -0.291 e. The summed E-state index contributed by atoms with van der Waals surface area (Å²) in [6, 6.07) is 10.5. The van der Waals surface area contributed by atoms with Gasteiger partial charge in [0, 0.05) is 17.8 Å². The normalized spacial score (nSPS) is 19.9. The van der Waals surface area contributed by atoms with Crippen LogP contribution in [0.4, 0.5) is 0 Å². The third-order valence-electron chi connectivity index (χ3n) is 3.83. The van der Waals surface area contributed by atoms with Gasteiger partial charge in [-0.3, -0.25) is 4.90 Å². The van der Waals surface area contributed by atoms with E-state index in [1.165, 1.54) is 18.4 Å². The van der Waals surface area contributed by atoms with E-state index in [9.17, 15) is 0 Å². The number of aromatic nitrogens is 2. The molecule has 0 amide bonds. The van der Waals surface area contributed by atoms with E-state index >= 15 is 0 Å². The van der Waals surface area contributed by atoms with Gasteiger partial charge in [0.1, 0.15) is 6.33 Å². The molecular weight excluding hydrogens is 270 g/mol. The lowest BCUT2D eigenvalue weighted by molar-refractivity contribution is 0.137. The molecule has 1 fully saturated rings. The van der Waals surface area contributed by atoms with Crippen molar-refractivity contribution in [3.63, 3.8) is 0 Å². The Morgan fingerprint density at radius 3 is 3.00 bits per heavy atom. The minimum atomic E-state index is 0.394. The average molecular weight is 288 g/mol. The zero-order valence-corrected chi connectivity index (χ0v) is 12.1. The maximum absolute atomic E-state index is 6.08. The molecular formula is C16H18ClN3. The lowest BCUT2D eigenvalue weighted by atomic mass is 9.98. The van der Waals surface area contributed by atoms with Crippen LogP contribution in [0.3, 0.4) is 0 Å². The fourth-order valence-electron chi connectivity index (χ4n) is 2.88. The number of hydrogen-bond donors (Lipinski definition) is 0. The fraction of sp³-hybridized carbons (Fsp3) is 0.375. The quantitative estimate of drug-likeness (QED) is 0.858. The summed E-state index contributed by atoms with van der Waals surface area (Å²) in [5.74, 6) is 0. The second-order valence-electron chi connectivity index (χ2n) is 5.25. The highest BCUT2D eigenvalue weighted by atomic mass is 35.5. The van der Waals surface area contributed by atoms with Gasteiger partial charge < -0.3 is 0 Å². The molecule has 104 valence electrons. The second-order valence-corrected chi connectivity index (χ2v) is 5.68. The van der Waals surface area contributed by atoms with Crippen molar-refractivity contribution in [3.05, 3.63) is 59.1 Å². The Kier molecular flexibility index (Phi) is 4.28. The van der Waals surface area contributed by atoms with Crippen LogP contribution in [0.2, 0.25) is 5.02 Å². The molecule has 0 spiro atoms. The highest BCUT2D eigenvalue weighted by Crippen LogP contribution is 2.31. The van der Waals surface area contributed by atoms with Crippen molar-refractivity contribution in [1.29, 1.82) is 0 Å². The van der Waals surface area contributed by atoms with Crippen LogP contribution in [0.5, 0.6) is 0 Å². The van der Waals surface area contributed by atoms with Gasteiger partial charge in [-0.25, -0.2) is 9.97 Å². The molecule has 0 bridgehead atoms. The van der Waals surface area contributed by atoms with Crippen LogP contribution in [0.15, 0.2) is 42.9 Å². The van der Waals surface area contributed by atoms with Crippen molar-refractivity contribution in [2.75, 3.05) is 6.54 Å². The molecule has 1 aromatic carbocycles. The van der Waals surface area contributed by atoms with Crippen molar-refractivity contribution < 1.29 is 0 Å². The number of likely N-dealkylation sites (tertiary alicyclic amines) is 1. The van der Waals surface area contributed by atoms with Gasteiger partial charge in [0.15, 0.2) is 0 Å². The topological polar surface area (TPSA) is 29.0 Å². The maximum Gasteiger partial charge on any atom is 0.115 e. The van der Waals surface area contributed by atoms with E-state index in [-0.39, 0.29) is 0 Å². The van der Waals surface area contributed by atoms with E-state index in [1.807, 2.05) is 30.5 Å². The van der Waals surface area contributed by atoms with Crippen molar-refractivity contribution in [2.45, 2.75) is 31.8 Å². The molecule has 0 aliphatic carbocycles. The molecule has 1 aliphatic heterocycles. The van der Waals surface area contributed by atoms with Gasteiger partial charge >= 0.3 is 0 Å². The number of piperidine rings is 1. The highest BCUT2D eigenvalue weighted by Gasteiger charge is 2.24. The summed E-state index contributed by atoms with van der Waals surface area (Å²) >= 11 is 6.08. The fourth-order valence-corrected chi connectivity index (χ4v) is 3.10. The zero-order chi connectivity index (χ0) is 13.8. The maximum atomic E-state index is 6.08. The van der Waals surface area contributed by atoms with Crippen LogP contribution in [0.1, 0.15) is 36.6 Å². The lowest BCUT2D eigenvalue weighted by Crippen LogP contribution is -2.33. The standard InChI is InChI=1S/C16H18ClN3/c17-14-5-3-4-13(10-14)11-20-9-2-1-6-16(20)15-7-8-18-12-19-15/h3-5,7-8,10,12,16H,1-2,6,9,11H2. The predicted molar refractivity (Wildman–Crippen MR) is 80.5 cm³/mol. The van der Waals surface area contributed by atoms with E-state index in [0.29, 0.717) is 6.04 Å². The van der Waals surface area contributed by atoms with Crippen molar-refractivity contribution in [3.8, 4) is 0 Å². The summed E-state index contributed by atoms with van der Waals surface area (Å²) in [6.07, 6.45) is 7.15. The highest BCUT2D eigenvalue weighted by molar-refractivity contribution is 6.30. The van der Waals surface area contributed by atoms with Crippen LogP contribution in [0, 0.1) is 0 Å². The summed E-state index contributed by atoms with van der Waals surface area (Å²) in [5, 5.41) is 0.804. The molecule has 0 radical (unpaired) electrons. The minimum absolute atomic E-state index is 0.394. The molecule has 1 atom stereocenters. The zero-order valence-electron chi connectivity index (χ0n) is 11.4. The van der Waals surface area contributed by atoms with Crippen LogP contribution in [-0.4, -0.2) is 21.4 Å². The van der Waals surface area contributed by atoms with E-state index in [0.717, 1.165) is 30.2 Å². The predicted octanol–water partition coefficient (Wildman–Crippen LogP) is 3.86. The average Bonchev–Trinajstić information content (AvgIpc) is 2.49. The number of hydrogen-bond acceptors (Lipinski definition) is 3. The Hall–Kier alpha value is -1.45. The smallest absolute Gasteiger partial charge is 0.115 e. The molecule has 3 nitrogen and oxygen atoms in total. The molecule has 1 unspecified atom stereocenters. The largest absolute Gasteiger partial charge is 0.291 e. The van der Waals surface area contributed by atoms with Crippen LogP contribution >= 0.6 is 11.6 Å². The molecule has 20 heavy (non-hydrogen) atoms. The molecule has 2 aromatic rings. The summed E-state index contributed by atoms with van der Waals surface area (Å²) in [4.78, 5) is 10.9. The monoisotopic (exact) mass is 287 g/mol. The van der Waals surface area contributed by atoms with E-state index in [1.54, 1.807) is 6.33 Å². The third-order valence-corrected chi connectivity index (χ3v) is 4.07. The molecule has 3 rings (SSSR count).